The van der Waals surface area contributed by atoms with Crippen molar-refractivity contribution >= 4 is 55.2 Å². The summed E-state index contributed by atoms with van der Waals surface area (Å²) in [6.07, 6.45) is 1.01. The van der Waals surface area contributed by atoms with E-state index in [1.807, 2.05) is 72.8 Å². The van der Waals surface area contributed by atoms with E-state index < -0.39 is 0 Å². The van der Waals surface area contributed by atoms with Gasteiger partial charge in [0.05, 0.1) is 44.8 Å². The lowest BCUT2D eigenvalue weighted by Gasteiger charge is -2.12. The molecule has 0 saturated heterocycles. The van der Waals surface area contributed by atoms with E-state index in [4.69, 9.17) is 31.5 Å². The molecular formula is C50H33ClF2N4. The van der Waals surface area contributed by atoms with Crippen LogP contribution in [-0.4, -0.2) is 19.9 Å². The van der Waals surface area contributed by atoms with Gasteiger partial charge in [-0.2, -0.15) is 0 Å². The normalized spacial score (nSPS) is 11.2. The summed E-state index contributed by atoms with van der Waals surface area (Å²) in [6.45, 7) is 2.16. The van der Waals surface area contributed by atoms with Gasteiger partial charge in [-0.05, 0) is 94.2 Å². The van der Waals surface area contributed by atoms with Gasteiger partial charge in [0.15, 0.2) is 0 Å². The van der Waals surface area contributed by atoms with Crippen molar-refractivity contribution in [1.82, 2.24) is 19.9 Å². The Bertz CT molecular complexity index is 2990. The lowest BCUT2D eigenvalue weighted by molar-refractivity contribution is 0.627. The van der Waals surface area contributed by atoms with Crippen molar-refractivity contribution in [2.75, 3.05) is 0 Å². The Hall–Kier alpha value is -6.89. The van der Waals surface area contributed by atoms with E-state index in [-0.39, 0.29) is 11.6 Å². The Morgan fingerprint density at radius 2 is 0.737 bits per heavy atom. The summed E-state index contributed by atoms with van der Waals surface area (Å²) < 4.78 is 27.7. The Morgan fingerprint density at radius 1 is 0.386 bits per heavy atom. The molecule has 0 N–H and O–H groups in total. The standard InChI is InChI=1S/C26H19ClN2.C24H14F2N2/c1-2-17-7-9-18(10-8-17)25-26(19-11-13-22(27)14-12-19)29-24-16-21-6-4-3-5-20(21)15-23(24)28-25;25-19-9-3-7-17(11-19)23-24(18-8-4-10-20(26)12-18)28-22-14-16-6-2-1-5-15(16)13-21(22)27-23/h3-16H,2H2,1H3;1-14H. The molecule has 2 heterocycles. The molecule has 57 heavy (non-hydrogen) atoms. The molecule has 2 aromatic heterocycles. The fourth-order valence-corrected chi connectivity index (χ4v) is 7.19. The summed E-state index contributed by atoms with van der Waals surface area (Å²) >= 11 is 6.11. The molecule has 274 valence electrons. The van der Waals surface area contributed by atoms with Crippen molar-refractivity contribution in [2.24, 2.45) is 0 Å². The van der Waals surface area contributed by atoms with Gasteiger partial charge in [-0.3, -0.25) is 0 Å². The van der Waals surface area contributed by atoms with E-state index in [9.17, 15) is 8.78 Å². The first-order valence-electron chi connectivity index (χ1n) is 18.7. The van der Waals surface area contributed by atoms with Gasteiger partial charge in [0.2, 0.25) is 0 Å². The highest BCUT2D eigenvalue weighted by Gasteiger charge is 2.16. The van der Waals surface area contributed by atoms with Crippen molar-refractivity contribution < 1.29 is 8.78 Å². The highest BCUT2D eigenvalue weighted by atomic mass is 35.5. The van der Waals surface area contributed by atoms with Crippen LogP contribution in [-0.2, 0) is 6.42 Å². The fourth-order valence-electron chi connectivity index (χ4n) is 7.07. The van der Waals surface area contributed by atoms with Crippen LogP contribution in [0.1, 0.15) is 12.5 Å². The van der Waals surface area contributed by atoms with Crippen LogP contribution in [0.25, 0.3) is 88.6 Å². The molecule has 8 aromatic carbocycles. The molecule has 7 heteroatoms. The van der Waals surface area contributed by atoms with Crippen molar-refractivity contribution in [3.05, 3.63) is 192 Å². The molecule has 0 fully saturated rings. The second kappa shape index (κ2) is 15.3. The minimum absolute atomic E-state index is 0.358. The van der Waals surface area contributed by atoms with Crippen molar-refractivity contribution in [1.29, 1.82) is 0 Å². The summed E-state index contributed by atoms with van der Waals surface area (Å²) in [5.74, 6) is -0.716. The lowest BCUT2D eigenvalue weighted by atomic mass is 10.0. The summed E-state index contributed by atoms with van der Waals surface area (Å²) in [4.78, 5) is 19.7. The van der Waals surface area contributed by atoms with E-state index in [1.54, 1.807) is 24.3 Å². The van der Waals surface area contributed by atoms with Crippen LogP contribution >= 0.6 is 11.6 Å². The number of hydrogen-bond acceptors (Lipinski definition) is 4. The number of fused-ring (bicyclic) bond motifs is 4. The molecule has 10 aromatic rings. The maximum Gasteiger partial charge on any atom is 0.123 e. The van der Waals surface area contributed by atoms with Crippen LogP contribution in [0.5, 0.6) is 0 Å². The topological polar surface area (TPSA) is 51.6 Å². The summed E-state index contributed by atoms with van der Waals surface area (Å²) in [5.41, 5.74) is 10.6. The molecule has 0 aliphatic carbocycles. The second-order valence-electron chi connectivity index (χ2n) is 13.8. The molecule has 0 amide bonds. The van der Waals surface area contributed by atoms with Gasteiger partial charge in [0, 0.05) is 27.3 Å². The first-order valence-corrected chi connectivity index (χ1v) is 19.0. The Morgan fingerprint density at radius 3 is 1.09 bits per heavy atom. The fraction of sp³-hybridized carbons (Fsp3) is 0.0400. The lowest BCUT2D eigenvalue weighted by Crippen LogP contribution is -1.96. The van der Waals surface area contributed by atoms with E-state index in [0.717, 1.165) is 56.1 Å². The van der Waals surface area contributed by atoms with Crippen molar-refractivity contribution in [3.8, 4) is 45.0 Å². The summed E-state index contributed by atoms with van der Waals surface area (Å²) in [6, 6.07) is 53.2. The quantitative estimate of drug-likeness (QED) is 0.164. The van der Waals surface area contributed by atoms with Gasteiger partial charge in [0.1, 0.15) is 11.6 Å². The molecule has 4 nitrogen and oxygen atoms in total. The number of nitrogens with zero attached hydrogens (tertiary/aromatic N) is 4. The predicted octanol–water partition coefficient (Wildman–Crippen LogP) is 13.7. The first-order chi connectivity index (χ1) is 27.9. The van der Waals surface area contributed by atoms with Gasteiger partial charge >= 0.3 is 0 Å². The van der Waals surface area contributed by atoms with Gasteiger partial charge < -0.3 is 0 Å². The molecule has 0 radical (unpaired) electrons. The van der Waals surface area contributed by atoms with Crippen LogP contribution in [0.3, 0.4) is 0 Å². The van der Waals surface area contributed by atoms with Crippen LogP contribution < -0.4 is 0 Å². The SMILES string of the molecule is CCc1ccc(-c2nc3cc4ccccc4cc3nc2-c2ccc(Cl)cc2)cc1.Fc1cccc(-c2nc3cc4ccccc4cc3nc2-c2cccc(F)c2)c1. The smallest absolute Gasteiger partial charge is 0.123 e. The average Bonchev–Trinajstić information content (AvgIpc) is 3.24. The Balaban J connectivity index is 0.000000148. The van der Waals surface area contributed by atoms with Crippen LogP contribution in [0, 0.1) is 11.6 Å². The van der Waals surface area contributed by atoms with Gasteiger partial charge in [-0.25, -0.2) is 28.7 Å². The zero-order chi connectivity index (χ0) is 38.9. The van der Waals surface area contributed by atoms with Gasteiger partial charge in [-0.1, -0.05) is 128 Å². The molecular weight excluding hydrogens is 730 g/mol. The molecule has 10 rings (SSSR count). The first kappa shape index (κ1) is 35.8. The van der Waals surface area contributed by atoms with Crippen molar-refractivity contribution in [2.45, 2.75) is 13.3 Å². The number of aryl methyl sites for hydroxylation is 1. The molecule has 0 aliphatic rings. The highest BCUT2D eigenvalue weighted by Crippen LogP contribution is 2.35. The summed E-state index contributed by atoms with van der Waals surface area (Å²) in [5, 5.41) is 5.14. The molecule has 0 unspecified atom stereocenters. The predicted molar refractivity (Wildman–Crippen MR) is 230 cm³/mol. The van der Waals surface area contributed by atoms with E-state index in [2.05, 4.69) is 55.5 Å². The number of rotatable bonds is 5. The zero-order valence-electron chi connectivity index (χ0n) is 30.8. The number of hydrogen-bond donors (Lipinski definition) is 0. The number of benzene rings is 8. The van der Waals surface area contributed by atoms with Gasteiger partial charge in [0.25, 0.3) is 0 Å². The van der Waals surface area contributed by atoms with Crippen molar-refractivity contribution in [3.63, 3.8) is 0 Å². The molecule has 0 saturated carbocycles. The van der Waals surface area contributed by atoms with E-state index in [0.29, 0.717) is 38.6 Å². The van der Waals surface area contributed by atoms with E-state index in [1.165, 1.54) is 35.2 Å². The third-order valence-corrected chi connectivity index (χ3v) is 10.3. The molecule has 0 aliphatic heterocycles. The molecule has 0 bridgehead atoms. The Kier molecular flexibility index (Phi) is 9.63. The van der Waals surface area contributed by atoms with Crippen LogP contribution in [0.15, 0.2) is 170 Å². The molecule has 0 spiro atoms. The Labute approximate surface area is 333 Å². The summed E-state index contributed by atoms with van der Waals surface area (Å²) in [7, 11) is 0. The number of halogens is 3. The number of aromatic nitrogens is 4. The monoisotopic (exact) mass is 762 g/mol. The molecule has 0 atom stereocenters. The zero-order valence-corrected chi connectivity index (χ0v) is 31.6. The van der Waals surface area contributed by atoms with Crippen LogP contribution in [0.2, 0.25) is 5.02 Å². The maximum atomic E-state index is 13.9. The maximum absolute atomic E-state index is 13.9. The minimum Gasteiger partial charge on any atom is -0.244 e. The second-order valence-corrected chi connectivity index (χ2v) is 14.2. The van der Waals surface area contributed by atoms with Crippen LogP contribution in [0.4, 0.5) is 8.78 Å². The average molecular weight is 763 g/mol. The third kappa shape index (κ3) is 7.43. The largest absolute Gasteiger partial charge is 0.244 e. The third-order valence-electron chi connectivity index (χ3n) is 10.0. The van der Waals surface area contributed by atoms with E-state index >= 15 is 0 Å². The highest BCUT2D eigenvalue weighted by molar-refractivity contribution is 6.30. The van der Waals surface area contributed by atoms with Gasteiger partial charge in [-0.15, -0.1) is 0 Å². The minimum atomic E-state index is -0.358.